The van der Waals surface area contributed by atoms with E-state index in [4.69, 9.17) is 4.74 Å². The predicted octanol–water partition coefficient (Wildman–Crippen LogP) is 1.69. The Morgan fingerprint density at radius 3 is 2.54 bits per heavy atom. The summed E-state index contributed by atoms with van der Waals surface area (Å²) in [7, 11) is 0. The fourth-order valence-electron chi connectivity index (χ4n) is 3.42. The molecular weight excluding hydrogens is 328 g/mol. The number of hydrogen-bond acceptors (Lipinski definition) is 6. The summed E-state index contributed by atoms with van der Waals surface area (Å²) in [5.74, 6) is 0.367. The second-order valence-electron chi connectivity index (χ2n) is 7.25. The molecule has 134 valence electrons. The van der Waals surface area contributed by atoms with E-state index in [1.165, 1.54) is 11.3 Å². The van der Waals surface area contributed by atoms with E-state index in [0.29, 0.717) is 38.3 Å². The van der Waals surface area contributed by atoms with Crippen LogP contribution in [0.4, 0.5) is 0 Å². The minimum absolute atomic E-state index is 0.0446. The molecule has 2 aliphatic rings. The Labute approximate surface area is 146 Å². The van der Waals surface area contributed by atoms with Crippen LogP contribution in [0, 0.1) is 6.92 Å². The smallest absolute Gasteiger partial charge is 0.265 e. The highest BCUT2D eigenvalue weighted by atomic mass is 32.1. The van der Waals surface area contributed by atoms with Gasteiger partial charge in [-0.1, -0.05) is 13.8 Å². The van der Waals surface area contributed by atoms with Crippen LogP contribution in [0.25, 0.3) is 0 Å². The summed E-state index contributed by atoms with van der Waals surface area (Å²) < 4.78 is 5.82. The molecule has 2 N–H and O–H groups in total. The topological polar surface area (TPSA) is 82.9 Å². The number of aliphatic hydroxyl groups is 2. The summed E-state index contributed by atoms with van der Waals surface area (Å²) >= 11 is 1.49. The first-order chi connectivity index (χ1) is 11.3. The molecule has 24 heavy (non-hydrogen) atoms. The third-order valence-electron chi connectivity index (χ3n) is 5.05. The van der Waals surface area contributed by atoms with Gasteiger partial charge in [-0.15, -0.1) is 11.3 Å². The maximum Gasteiger partial charge on any atom is 0.265 e. The fraction of sp³-hybridized carbons (Fsp3) is 0.765. The molecule has 1 amide bonds. The summed E-state index contributed by atoms with van der Waals surface area (Å²) in [5, 5.41) is 20.5. The van der Waals surface area contributed by atoms with Crippen LogP contribution < -0.4 is 0 Å². The SMILES string of the molecule is Cc1nc(C(C)C)sc1C(=O)N1CCC2(CC1)C[C@@H](O)[C@@H](O)CO2. The van der Waals surface area contributed by atoms with Gasteiger partial charge < -0.3 is 19.8 Å². The van der Waals surface area contributed by atoms with Crippen LogP contribution in [0.3, 0.4) is 0 Å². The lowest BCUT2D eigenvalue weighted by Crippen LogP contribution is -2.55. The van der Waals surface area contributed by atoms with Gasteiger partial charge in [0.05, 0.1) is 29.0 Å². The van der Waals surface area contributed by atoms with Crippen molar-refractivity contribution in [3.8, 4) is 0 Å². The van der Waals surface area contributed by atoms with Gasteiger partial charge in [0.1, 0.15) is 11.0 Å². The Morgan fingerprint density at radius 2 is 2.00 bits per heavy atom. The minimum atomic E-state index is -0.801. The normalized spacial score (nSPS) is 27.0. The van der Waals surface area contributed by atoms with Gasteiger partial charge in [0.15, 0.2) is 0 Å². The molecule has 0 aliphatic carbocycles. The number of piperidine rings is 1. The lowest BCUT2D eigenvalue weighted by Gasteiger charge is -2.46. The monoisotopic (exact) mass is 354 g/mol. The lowest BCUT2D eigenvalue weighted by molar-refractivity contribution is -0.185. The number of aromatic nitrogens is 1. The highest BCUT2D eigenvalue weighted by molar-refractivity contribution is 7.13. The Hall–Kier alpha value is -1.02. The van der Waals surface area contributed by atoms with Gasteiger partial charge >= 0.3 is 0 Å². The first kappa shape index (κ1) is 17.8. The molecule has 6 nitrogen and oxygen atoms in total. The van der Waals surface area contributed by atoms with Gasteiger partial charge in [0.2, 0.25) is 0 Å². The van der Waals surface area contributed by atoms with Gasteiger partial charge in [-0.2, -0.15) is 0 Å². The summed E-state index contributed by atoms with van der Waals surface area (Å²) in [5.41, 5.74) is 0.405. The van der Waals surface area contributed by atoms with Crippen molar-refractivity contribution in [3.05, 3.63) is 15.6 Å². The van der Waals surface area contributed by atoms with Gasteiger partial charge in [-0.25, -0.2) is 4.98 Å². The van der Waals surface area contributed by atoms with Crippen molar-refractivity contribution < 1.29 is 19.7 Å². The molecule has 2 saturated heterocycles. The van der Waals surface area contributed by atoms with E-state index < -0.39 is 17.8 Å². The molecule has 0 unspecified atom stereocenters. The zero-order chi connectivity index (χ0) is 17.5. The molecule has 2 fully saturated rings. The molecule has 2 atom stereocenters. The van der Waals surface area contributed by atoms with Crippen LogP contribution in [0.5, 0.6) is 0 Å². The molecule has 3 rings (SSSR count). The Balaban J connectivity index is 1.65. The van der Waals surface area contributed by atoms with E-state index in [-0.39, 0.29) is 12.5 Å². The molecule has 2 aliphatic heterocycles. The molecule has 3 heterocycles. The zero-order valence-corrected chi connectivity index (χ0v) is 15.3. The largest absolute Gasteiger partial charge is 0.390 e. The van der Waals surface area contributed by atoms with E-state index in [0.717, 1.165) is 15.6 Å². The van der Waals surface area contributed by atoms with Crippen LogP contribution in [0.1, 0.15) is 59.4 Å². The fourth-order valence-corrected chi connectivity index (χ4v) is 4.46. The number of nitrogens with zero attached hydrogens (tertiary/aromatic N) is 2. The molecule has 0 bridgehead atoms. The molecule has 1 aromatic heterocycles. The number of carbonyl (C=O) groups is 1. The number of aryl methyl sites for hydroxylation is 1. The number of rotatable bonds is 2. The van der Waals surface area contributed by atoms with Crippen LogP contribution in [-0.2, 0) is 4.74 Å². The van der Waals surface area contributed by atoms with Gasteiger partial charge in [-0.3, -0.25) is 4.79 Å². The second kappa shape index (κ2) is 6.71. The summed E-state index contributed by atoms with van der Waals surface area (Å²) in [6.45, 7) is 7.44. The average molecular weight is 354 g/mol. The Kier molecular flexibility index (Phi) is 4.97. The Morgan fingerprint density at radius 1 is 1.33 bits per heavy atom. The number of carbonyl (C=O) groups excluding carboxylic acids is 1. The number of hydrogen-bond donors (Lipinski definition) is 2. The quantitative estimate of drug-likeness (QED) is 0.844. The van der Waals surface area contributed by atoms with Crippen LogP contribution in [0.2, 0.25) is 0 Å². The Bertz CT molecular complexity index is 608. The molecule has 0 radical (unpaired) electrons. The minimum Gasteiger partial charge on any atom is -0.390 e. The maximum atomic E-state index is 12.8. The summed E-state index contributed by atoms with van der Waals surface area (Å²) in [6, 6.07) is 0. The lowest BCUT2D eigenvalue weighted by atomic mass is 9.82. The maximum absolute atomic E-state index is 12.8. The summed E-state index contributed by atoms with van der Waals surface area (Å²) in [6.07, 6.45) is 0.283. The molecule has 1 spiro atoms. The number of amides is 1. The van der Waals surface area contributed by atoms with Crippen molar-refractivity contribution in [2.75, 3.05) is 19.7 Å². The van der Waals surface area contributed by atoms with Crippen molar-refractivity contribution in [2.24, 2.45) is 0 Å². The van der Waals surface area contributed by atoms with Crippen LogP contribution >= 0.6 is 11.3 Å². The third kappa shape index (κ3) is 3.35. The molecule has 7 heteroatoms. The first-order valence-electron chi connectivity index (χ1n) is 8.58. The molecule has 0 saturated carbocycles. The van der Waals surface area contributed by atoms with Crippen molar-refractivity contribution in [2.45, 2.75) is 63.8 Å². The highest BCUT2D eigenvalue weighted by Crippen LogP contribution is 2.36. The van der Waals surface area contributed by atoms with Crippen molar-refractivity contribution in [1.29, 1.82) is 0 Å². The van der Waals surface area contributed by atoms with Crippen molar-refractivity contribution in [1.82, 2.24) is 9.88 Å². The molecular formula is C17H26N2O4S. The standard InChI is InChI=1S/C17H26N2O4S/c1-10(2)15-18-11(3)14(24-15)16(22)19-6-4-17(5-7-19)8-12(20)13(21)9-23-17/h10,12-13,20-21H,4-9H2,1-3H3/t12-,13+/m1/s1. The van der Waals surface area contributed by atoms with E-state index in [2.05, 4.69) is 18.8 Å². The van der Waals surface area contributed by atoms with E-state index in [9.17, 15) is 15.0 Å². The van der Waals surface area contributed by atoms with Crippen LogP contribution in [-0.4, -0.2) is 63.5 Å². The predicted molar refractivity (Wildman–Crippen MR) is 91.4 cm³/mol. The van der Waals surface area contributed by atoms with Crippen molar-refractivity contribution in [3.63, 3.8) is 0 Å². The van der Waals surface area contributed by atoms with E-state index in [1.54, 1.807) is 0 Å². The first-order valence-corrected chi connectivity index (χ1v) is 9.40. The van der Waals surface area contributed by atoms with Gasteiger partial charge in [0.25, 0.3) is 5.91 Å². The number of ether oxygens (including phenoxy) is 1. The average Bonchev–Trinajstić information content (AvgIpc) is 2.94. The van der Waals surface area contributed by atoms with Crippen molar-refractivity contribution >= 4 is 17.2 Å². The third-order valence-corrected chi connectivity index (χ3v) is 6.49. The van der Waals surface area contributed by atoms with E-state index >= 15 is 0 Å². The van der Waals surface area contributed by atoms with Gasteiger partial charge in [0, 0.05) is 25.4 Å². The van der Waals surface area contributed by atoms with Gasteiger partial charge in [-0.05, 0) is 19.8 Å². The summed E-state index contributed by atoms with van der Waals surface area (Å²) in [4.78, 5) is 19.9. The second-order valence-corrected chi connectivity index (χ2v) is 8.28. The van der Waals surface area contributed by atoms with Crippen LogP contribution in [0.15, 0.2) is 0 Å². The zero-order valence-electron chi connectivity index (χ0n) is 14.5. The molecule has 1 aromatic rings. The molecule has 0 aromatic carbocycles. The number of likely N-dealkylation sites (tertiary alicyclic amines) is 1. The highest BCUT2D eigenvalue weighted by Gasteiger charge is 2.43. The van der Waals surface area contributed by atoms with E-state index in [1.807, 2.05) is 11.8 Å². The number of thiazole rings is 1. The number of aliphatic hydroxyl groups excluding tert-OH is 2.